The molecule has 0 amide bonds. The van der Waals surface area contributed by atoms with Gasteiger partial charge in [0.1, 0.15) is 42.7 Å². The molecule has 6 unspecified atom stereocenters. The number of phosphoric acid groups is 1. The van der Waals surface area contributed by atoms with Gasteiger partial charge in [0.2, 0.25) is 0 Å². The van der Waals surface area contributed by atoms with E-state index in [1.165, 1.54) is 38.5 Å². The molecule has 68 heavy (non-hydrogen) atoms. The Morgan fingerprint density at radius 2 is 0.868 bits per heavy atom. The zero-order chi connectivity index (χ0) is 49.8. The highest BCUT2D eigenvalue weighted by Gasteiger charge is 2.51. The highest BCUT2D eigenvalue weighted by Crippen LogP contribution is 2.47. The topological polar surface area (TPSA) is 192 Å². The Hall–Kier alpha value is -2.74. The SMILES string of the molecule is CC/C=C\C/C=C\C/C=C\C/C=C\C/C=C\CCCCCCOCC(COP(=O)(O)OC1C(O)C(O)C(O)C(O)C1O)OC(=O)CCCCCCCC/C=C\C/C=C\C/C=C\CCCCCCC. The molecule has 0 aromatic heterocycles. The highest BCUT2D eigenvalue weighted by atomic mass is 31.2. The Kier molecular flexibility index (Phi) is 41.1. The van der Waals surface area contributed by atoms with Gasteiger partial charge in [-0.1, -0.05) is 175 Å². The molecular formula is C55H93O12P. The van der Waals surface area contributed by atoms with Crippen molar-refractivity contribution in [2.24, 2.45) is 0 Å². The Balaban J connectivity index is 2.39. The van der Waals surface area contributed by atoms with Crippen LogP contribution in [-0.4, -0.2) is 98.9 Å². The number of hydrogen-bond acceptors (Lipinski definition) is 11. The molecule has 1 fully saturated rings. The molecule has 1 aliphatic carbocycles. The third-order valence-electron chi connectivity index (χ3n) is 11.4. The van der Waals surface area contributed by atoms with E-state index in [1.54, 1.807) is 0 Å². The molecule has 0 saturated heterocycles. The summed E-state index contributed by atoms with van der Waals surface area (Å²) >= 11 is 0. The average Bonchev–Trinajstić information content (AvgIpc) is 3.32. The van der Waals surface area contributed by atoms with E-state index in [0.29, 0.717) is 13.0 Å². The maximum atomic E-state index is 12.9. The van der Waals surface area contributed by atoms with Crippen LogP contribution >= 0.6 is 7.82 Å². The van der Waals surface area contributed by atoms with Gasteiger partial charge in [0.15, 0.2) is 0 Å². The first-order valence-corrected chi connectivity index (χ1v) is 27.6. The summed E-state index contributed by atoms with van der Waals surface area (Å²) in [6.45, 7) is 4.06. The number of carbonyl (C=O) groups is 1. The van der Waals surface area contributed by atoms with Crippen LogP contribution in [0.5, 0.6) is 0 Å². The van der Waals surface area contributed by atoms with Crippen molar-refractivity contribution >= 4 is 13.8 Å². The fraction of sp³-hybridized carbons (Fsp3) is 0.691. The van der Waals surface area contributed by atoms with Crippen LogP contribution in [0.2, 0.25) is 0 Å². The molecular weight excluding hydrogens is 884 g/mol. The van der Waals surface area contributed by atoms with Crippen molar-refractivity contribution in [3.05, 3.63) is 97.2 Å². The van der Waals surface area contributed by atoms with Gasteiger partial charge in [-0.05, 0) is 96.3 Å². The molecule has 0 aliphatic heterocycles. The number of hydrogen-bond donors (Lipinski definition) is 6. The predicted molar refractivity (Wildman–Crippen MR) is 276 cm³/mol. The first kappa shape index (κ1) is 63.3. The van der Waals surface area contributed by atoms with E-state index >= 15 is 0 Å². The lowest BCUT2D eigenvalue weighted by Gasteiger charge is -2.41. The monoisotopic (exact) mass is 977 g/mol. The fourth-order valence-corrected chi connectivity index (χ4v) is 8.30. The van der Waals surface area contributed by atoms with Crippen LogP contribution in [0.15, 0.2) is 97.2 Å². The van der Waals surface area contributed by atoms with Crippen molar-refractivity contribution in [3.63, 3.8) is 0 Å². The molecule has 0 aromatic carbocycles. The zero-order valence-corrected chi connectivity index (χ0v) is 42.8. The molecule has 1 rings (SSSR count). The first-order chi connectivity index (χ1) is 33.0. The third-order valence-corrected chi connectivity index (χ3v) is 12.4. The number of aliphatic hydroxyl groups is 5. The van der Waals surface area contributed by atoms with Crippen molar-refractivity contribution in [2.75, 3.05) is 19.8 Å². The molecule has 13 heteroatoms. The molecule has 0 bridgehead atoms. The second-order valence-electron chi connectivity index (χ2n) is 17.6. The van der Waals surface area contributed by atoms with E-state index < -0.39 is 63.1 Å². The predicted octanol–water partition coefficient (Wildman–Crippen LogP) is 11.9. The van der Waals surface area contributed by atoms with E-state index in [9.17, 15) is 39.8 Å². The van der Waals surface area contributed by atoms with E-state index in [0.717, 1.165) is 116 Å². The largest absolute Gasteiger partial charge is 0.472 e. The van der Waals surface area contributed by atoms with Gasteiger partial charge in [-0.3, -0.25) is 13.8 Å². The van der Waals surface area contributed by atoms with Crippen LogP contribution in [-0.2, 0) is 27.9 Å². The minimum atomic E-state index is -5.04. The Morgan fingerprint density at radius 1 is 0.485 bits per heavy atom. The lowest BCUT2D eigenvalue weighted by Crippen LogP contribution is -2.64. The Bertz CT molecular complexity index is 1490. The van der Waals surface area contributed by atoms with Crippen LogP contribution in [0.25, 0.3) is 0 Å². The summed E-state index contributed by atoms with van der Waals surface area (Å²) in [5, 5.41) is 50.3. The number of unbranched alkanes of at least 4 members (excludes halogenated alkanes) is 15. The standard InChI is InChI=1S/C55H93O12P/c1-3-5-7-9-11-13-15-17-19-21-23-25-26-28-30-32-34-36-38-40-42-44-49(56)66-48(47-65-68(62,63)67-55-53(60)51(58)50(57)52(59)54(55)61)46-64-45-43-41-39-37-35-33-31-29-27-24-22-20-18-16-14-12-10-8-6-4-2/h6,8,12,14-15,17-18,20-21,23-24,26-28,31,33,48,50-55,57-61H,3-5,7,9-11,13,16,19,22,25,29-30,32,34-47H2,1-2H3,(H,62,63)/b8-6-,14-12-,17-15-,20-18-,23-21-,27-24-,28-26-,33-31-. The van der Waals surface area contributed by atoms with Gasteiger partial charge < -0.3 is 39.9 Å². The number of rotatable bonds is 43. The Labute approximate surface area is 411 Å². The third kappa shape index (κ3) is 35.4. The normalized spacial score (nSPS) is 21.9. The summed E-state index contributed by atoms with van der Waals surface area (Å²) in [5.41, 5.74) is 0. The number of ether oxygens (including phenoxy) is 2. The fourth-order valence-electron chi connectivity index (χ4n) is 7.33. The molecule has 12 nitrogen and oxygen atoms in total. The Morgan fingerprint density at radius 3 is 1.32 bits per heavy atom. The summed E-state index contributed by atoms with van der Waals surface area (Å²) in [5.74, 6) is -0.502. The molecule has 6 atom stereocenters. The van der Waals surface area contributed by atoms with Crippen molar-refractivity contribution in [3.8, 4) is 0 Å². The molecule has 0 spiro atoms. The summed E-state index contributed by atoms with van der Waals surface area (Å²) in [6, 6.07) is 0. The molecule has 0 aromatic rings. The first-order valence-electron chi connectivity index (χ1n) is 26.1. The highest BCUT2D eigenvalue weighted by molar-refractivity contribution is 7.47. The van der Waals surface area contributed by atoms with E-state index in [2.05, 4.69) is 111 Å². The minimum Gasteiger partial charge on any atom is -0.457 e. The molecule has 1 aliphatic rings. The van der Waals surface area contributed by atoms with Gasteiger partial charge in [-0.15, -0.1) is 0 Å². The van der Waals surface area contributed by atoms with Gasteiger partial charge in [0.25, 0.3) is 0 Å². The lowest BCUT2D eigenvalue weighted by atomic mass is 9.85. The van der Waals surface area contributed by atoms with Crippen molar-refractivity contribution in [1.29, 1.82) is 0 Å². The summed E-state index contributed by atoms with van der Waals surface area (Å²) in [7, 11) is -5.04. The van der Waals surface area contributed by atoms with Crippen molar-refractivity contribution in [2.45, 2.75) is 224 Å². The van der Waals surface area contributed by atoms with Gasteiger partial charge in [0, 0.05) is 13.0 Å². The van der Waals surface area contributed by atoms with E-state index in [1.807, 2.05) is 0 Å². The molecule has 390 valence electrons. The molecule has 0 radical (unpaired) electrons. The summed E-state index contributed by atoms with van der Waals surface area (Å²) in [6.07, 6.45) is 48.9. The molecule has 6 N–H and O–H groups in total. The second kappa shape index (κ2) is 44.2. The summed E-state index contributed by atoms with van der Waals surface area (Å²) < 4.78 is 34.3. The van der Waals surface area contributed by atoms with Gasteiger partial charge in [-0.25, -0.2) is 4.57 Å². The van der Waals surface area contributed by atoms with Gasteiger partial charge in [0.05, 0.1) is 13.2 Å². The quantitative estimate of drug-likeness (QED) is 0.0147. The van der Waals surface area contributed by atoms with Gasteiger partial charge >= 0.3 is 13.8 Å². The average molecular weight is 977 g/mol. The van der Waals surface area contributed by atoms with Crippen molar-refractivity contribution < 1.29 is 58.3 Å². The maximum Gasteiger partial charge on any atom is 0.472 e. The van der Waals surface area contributed by atoms with Crippen LogP contribution in [0, 0.1) is 0 Å². The smallest absolute Gasteiger partial charge is 0.457 e. The van der Waals surface area contributed by atoms with E-state index in [4.69, 9.17) is 18.5 Å². The van der Waals surface area contributed by atoms with Crippen LogP contribution in [0.1, 0.15) is 181 Å². The second-order valence-corrected chi connectivity index (χ2v) is 19.0. The number of allylic oxidation sites excluding steroid dienone is 16. The van der Waals surface area contributed by atoms with Crippen LogP contribution < -0.4 is 0 Å². The number of phosphoric ester groups is 1. The van der Waals surface area contributed by atoms with Crippen molar-refractivity contribution in [1.82, 2.24) is 0 Å². The zero-order valence-electron chi connectivity index (χ0n) is 41.9. The summed E-state index contributed by atoms with van der Waals surface area (Å²) in [4.78, 5) is 23.3. The number of carbonyl (C=O) groups excluding carboxylic acids is 1. The number of aliphatic hydroxyl groups excluding tert-OH is 5. The minimum absolute atomic E-state index is 0.106. The maximum absolute atomic E-state index is 12.9. The molecule has 0 heterocycles. The van der Waals surface area contributed by atoms with Crippen LogP contribution in [0.4, 0.5) is 0 Å². The number of esters is 1. The van der Waals surface area contributed by atoms with E-state index in [-0.39, 0.29) is 13.0 Å². The molecule has 1 saturated carbocycles. The van der Waals surface area contributed by atoms with Gasteiger partial charge in [-0.2, -0.15) is 0 Å². The lowest BCUT2D eigenvalue weighted by molar-refractivity contribution is -0.220. The van der Waals surface area contributed by atoms with Crippen LogP contribution in [0.3, 0.4) is 0 Å².